The number of hydrogen-bond donors (Lipinski definition) is 2. The molecular formula is C17H19N5O2. The molecule has 0 atom stereocenters. The van der Waals surface area contributed by atoms with Crippen molar-refractivity contribution in [3.05, 3.63) is 64.4 Å². The fraction of sp³-hybridized carbons (Fsp3) is 0.235. The van der Waals surface area contributed by atoms with Gasteiger partial charge in [0.05, 0.1) is 12.0 Å². The maximum absolute atomic E-state index is 12.3. The minimum atomic E-state index is -0.322. The molecule has 0 spiro atoms. The van der Waals surface area contributed by atoms with E-state index in [1.54, 1.807) is 6.33 Å². The molecule has 1 amide bonds. The zero-order valence-corrected chi connectivity index (χ0v) is 13.8. The van der Waals surface area contributed by atoms with Crippen LogP contribution in [0, 0.1) is 13.8 Å². The van der Waals surface area contributed by atoms with Crippen LogP contribution in [0.25, 0.3) is 5.69 Å². The molecule has 7 heteroatoms. The Morgan fingerprint density at radius 3 is 2.54 bits per heavy atom. The van der Waals surface area contributed by atoms with E-state index in [-0.39, 0.29) is 11.6 Å². The highest BCUT2D eigenvalue weighted by molar-refractivity contribution is 6.02. The maximum atomic E-state index is 12.3. The first-order valence-electron chi connectivity index (χ1n) is 7.71. The summed E-state index contributed by atoms with van der Waals surface area (Å²) >= 11 is 0. The van der Waals surface area contributed by atoms with Crippen LogP contribution in [0.15, 0.2) is 41.6 Å². The number of aromatic nitrogens is 4. The summed E-state index contributed by atoms with van der Waals surface area (Å²) in [7, 11) is 0. The summed E-state index contributed by atoms with van der Waals surface area (Å²) < 4.78 is 3.38. The van der Waals surface area contributed by atoms with Crippen LogP contribution in [-0.4, -0.2) is 25.0 Å². The van der Waals surface area contributed by atoms with Crippen LogP contribution in [0.2, 0.25) is 0 Å². The average molecular weight is 325 g/mol. The third-order valence-corrected chi connectivity index (χ3v) is 4.07. The Morgan fingerprint density at radius 1 is 1.25 bits per heavy atom. The Labute approximate surface area is 139 Å². The van der Waals surface area contributed by atoms with Crippen molar-refractivity contribution in [1.29, 1.82) is 0 Å². The Balaban J connectivity index is 1.80. The minimum Gasteiger partial charge on any atom is -0.321 e. The molecule has 3 aromatic rings. The van der Waals surface area contributed by atoms with Crippen molar-refractivity contribution >= 4 is 11.6 Å². The predicted molar refractivity (Wildman–Crippen MR) is 91.7 cm³/mol. The second kappa shape index (κ2) is 6.19. The van der Waals surface area contributed by atoms with Gasteiger partial charge in [-0.3, -0.25) is 9.36 Å². The zero-order valence-electron chi connectivity index (χ0n) is 13.8. The maximum Gasteiger partial charge on any atom is 0.326 e. The van der Waals surface area contributed by atoms with Crippen LogP contribution in [0.5, 0.6) is 0 Å². The summed E-state index contributed by atoms with van der Waals surface area (Å²) in [4.78, 5) is 30.7. The highest BCUT2D eigenvalue weighted by Crippen LogP contribution is 2.17. The summed E-state index contributed by atoms with van der Waals surface area (Å²) in [6, 6.07) is 7.47. The molecule has 7 nitrogen and oxygen atoms in total. The van der Waals surface area contributed by atoms with Crippen LogP contribution in [0.3, 0.4) is 0 Å². The largest absolute Gasteiger partial charge is 0.326 e. The molecule has 0 fully saturated rings. The van der Waals surface area contributed by atoms with Crippen molar-refractivity contribution in [2.45, 2.75) is 27.3 Å². The Kier molecular flexibility index (Phi) is 4.07. The zero-order chi connectivity index (χ0) is 17.3. The van der Waals surface area contributed by atoms with Crippen LogP contribution >= 0.6 is 0 Å². The van der Waals surface area contributed by atoms with Crippen molar-refractivity contribution in [2.75, 3.05) is 5.32 Å². The summed E-state index contributed by atoms with van der Waals surface area (Å²) in [5, 5.41) is 2.80. The van der Waals surface area contributed by atoms with Crippen LogP contribution in [0.4, 0.5) is 5.69 Å². The number of amides is 1. The lowest BCUT2D eigenvalue weighted by Crippen LogP contribution is -2.23. The Bertz CT molecular complexity index is 931. The van der Waals surface area contributed by atoms with E-state index in [1.165, 1.54) is 10.8 Å². The van der Waals surface area contributed by atoms with Crippen LogP contribution in [0.1, 0.15) is 28.8 Å². The van der Waals surface area contributed by atoms with Gasteiger partial charge in [0.2, 0.25) is 0 Å². The van der Waals surface area contributed by atoms with Crippen molar-refractivity contribution in [1.82, 2.24) is 19.1 Å². The molecule has 0 aliphatic rings. The van der Waals surface area contributed by atoms with Gasteiger partial charge in [0, 0.05) is 29.8 Å². The number of imidazole rings is 2. The van der Waals surface area contributed by atoms with E-state index in [9.17, 15) is 9.59 Å². The van der Waals surface area contributed by atoms with Gasteiger partial charge < -0.3 is 14.9 Å². The third kappa shape index (κ3) is 2.76. The lowest BCUT2D eigenvalue weighted by molar-refractivity contribution is 0.101. The van der Waals surface area contributed by atoms with Gasteiger partial charge >= 0.3 is 5.69 Å². The number of nitrogens with one attached hydrogen (secondary N) is 2. The van der Waals surface area contributed by atoms with Gasteiger partial charge in [0.1, 0.15) is 5.69 Å². The van der Waals surface area contributed by atoms with Gasteiger partial charge in [-0.05, 0) is 45.0 Å². The molecule has 124 valence electrons. The monoisotopic (exact) mass is 325 g/mol. The highest BCUT2D eigenvalue weighted by Gasteiger charge is 2.13. The van der Waals surface area contributed by atoms with Crippen molar-refractivity contribution < 1.29 is 4.79 Å². The average Bonchev–Trinajstić information content (AvgIpc) is 3.11. The molecular weight excluding hydrogens is 306 g/mol. The number of anilines is 1. The van der Waals surface area contributed by atoms with E-state index in [2.05, 4.69) is 15.3 Å². The second-order valence-electron chi connectivity index (χ2n) is 5.51. The van der Waals surface area contributed by atoms with Gasteiger partial charge in [0.25, 0.3) is 5.91 Å². The topological polar surface area (TPSA) is 84.7 Å². The first-order chi connectivity index (χ1) is 11.5. The smallest absolute Gasteiger partial charge is 0.321 e. The lowest BCUT2D eigenvalue weighted by atomic mass is 10.2. The fourth-order valence-electron chi connectivity index (χ4n) is 2.56. The molecule has 3 rings (SSSR count). The third-order valence-electron chi connectivity index (χ3n) is 4.07. The van der Waals surface area contributed by atoms with Gasteiger partial charge in [0.15, 0.2) is 0 Å². The number of aryl methyl sites for hydroxylation is 1. The summed E-state index contributed by atoms with van der Waals surface area (Å²) in [5.41, 5.74) is 3.72. The molecule has 2 heterocycles. The summed E-state index contributed by atoms with van der Waals surface area (Å²) in [6.07, 6.45) is 3.20. The van der Waals surface area contributed by atoms with Gasteiger partial charge in [-0.15, -0.1) is 0 Å². The minimum absolute atomic E-state index is 0.288. The molecule has 0 unspecified atom stereocenters. The van der Waals surface area contributed by atoms with Crippen molar-refractivity contribution in [3.63, 3.8) is 0 Å². The van der Waals surface area contributed by atoms with Gasteiger partial charge in [-0.2, -0.15) is 0 Å². The highest BCUT2D eigenvalue weighted by atomic mass is 16.2. The number of aromatic amines is 1. The number of rotatable bonds is 4. The summed E-state index contributed by atoms with van der Waals surface area (Å²) in [6.45, 7) is 6.22. The SMILES string of the molecule is CCn1c(C(=O)Nc2ccc(-n3cnc(C)c3C)cc2)c[nH]c1=O. The van der Waals surface area contributed by atoms with E-state index in [1.807, 2.05) is 49.6 Å². The molecule has 0 saturated heterocycles. The predicted octanol–water partition coefficient (Wildman–Crippen LogP) is 2.25. The quantitative estimate of drug-likeness (QED) is 0.771. The van der Waals surface area contributed by atoms with E-state index in [4.69, 9.17) is 0 Å². The Hall–Kier alpha value is -3.09. The van der Waals surface area contributed by atoms with Gasteiger partial charge in [-0.1, -0.05) is 0 Å². The lowest BCUT2D eigenvalue weighted by Gasteiger charge is -2.09. The summed E-state index contributed by atoms with van der Waals surface area (Å²) in [5.74, 6) is -0.322. The Morgan fingerprint density at radius 2 is 1.96 bits per heavy atom. The number of H-pyrrole nitrogens is 1. The molecule has 0 aliphatic heterocycles. The van der Waals surface area contributed by atoms with E-state index in [0.717, 1.165) is 17.1 Å². The molecule has 1 aromatic carbocycles. The molecule has 24 heavy (non-hydrogen) atoms. The molecule has 0 aliphatic carbocycles. The van der Waals surface area contributed by atoms with E-state index in [0.29, 0.717) is 17.9 Å². The first-order valence-corrected chi connectivity index (χ1v) is 7.71. The molecule has 0 radical (unpaired) electrons. The molecule has 2 aromatic heterocycles. The number of benzene rings is 1. The molecule has 2 N–H and O–H groups in total. The standard InChI is InChI=1S/C17H19N5O2/c1-4-21-15(9-18-17(21)24)16(23)20-13-5-7-14(8-6-13)22-10-19-11(2)12(22)3/h5-10H,4H2,1-3H3,(H,18,24)(H,20,23). The first kappa shape index (κ1) is 15.8. The normalized spacial score (nSPS) is 10.8. The number of nitrogens with zero attached hydrogens (tertiary/aromatic N) is 3. The van der Waals surface area contributed by atoms with Crippen molar-refractivity contribution in [2.24, 2.45) is 0 Å². The molecule has 0 saturated carbocycles. The second-order valence-corrected chi connectivity index (χ2v) is 5.51. The number of hydrogen-bond acceptors (Lipinski definition) is 3. The molecule has 0 bridgehead atoms. The number of carbonyl (C=O) groups is 1. The fourth-order valence-corrected chi connectivity index (χ4v) is 2.56. The number of carbonyl (C=O) groups excluding carboxylic acids is 1. The van der Waals surface area contributed by atoms with Crippen LogP contribution in [-0.2, 0) is 6.54 Å². The van der Waals surface area contributed by atoms with E-state index >= 15 is 0 Å². The van der Waals surface area contributed by atoms with Gasteiger partial charge in [-0.25, -0.2) is 9.78 Å². The van der Waals surface area contributed by atoms with Crippen molar-refractivity contribution in [3.8, 4) is 5.69 Å². The van der Waals surface area contributed by atoms with E-state index < -0.39 is 0 Å². The van der Waals surface area contributed by atoms with Crippen LogP contribution < -0.4 is 11.0 Å².